The number of nitrogens with zero attached hydrogens (tertiary/aromatic N) is 2. The van der Waals surface area contributed by atoms with E-state index in [1.54, 1.807) is 0 Å². The van der Waals surface area contributed by atoms with Crippen molar-refractivity contribution in [3.05, 3.63) is 69.4 Å². The van der Waals surface area contributed by atoms with Crippen LogP contribution >= 0.6 is 0 Å². The quantitative estimate of drug-likeness (QED) is 0.692. The molecule has 1 aromatic heterocycles. The lowest BCUT2D eigenvalue weighted by Gasteiger charge is -2.11. The Morgan fingerprint density at radius 2 is 1.65 bits per heavy atom. The summed E-state index contributed by atoms with van der Waals surface area (Å²) in [6.07, 6.45) is -4.67. The zero-order chi connectivity index (χ0) is 19.1. The van der Waals surface area contributed by atoms with E-state index in [9.17, 15) is 22.4 Å². The number of aryl methyl sites for hydroxylation is 2. The topological polar surface area (TPSA) is 58.6 Å². The number of hydrogen-bond acceptors (Lipinski definition) is 3. The van der Waals surface area contributed by atoms with E-state index in [1.807, 2.05) is 32.0 Å². The van der Waals surface area contributed by atoms with Gasteiger partial charge in [-0.1, -0.05) is 18.2 Å². The van der Waals surface area contributed by atoms with Gasteiger partial charge in [-0.05, 0) is 43.2 Å². The third kappa shape index (κ3) is 3.35. The van der Waals surface area contributed by atoms with Crippen molar-refractivity contribution in [3.63, 3.8) is 0 Å². The fourth-order valence-corrected chi connectivity index (χ4v) is 2.68. The summed E-state index contributed by atoms with van der Waals surface area (Å²) in [6.45, 7) is 3.64. The third-order valence-electron chi connectivity index (χ3n) is 3.91. The van der Waals surface area contributed by atoms with Crippen LogP contribution in [0.3, 0.4) is 0 Å². The maximum absolute atomic E-state index is 14.2. The highest BCUT2D eigenvalue weighted by Gasteiger charge is 2.31. The Morgan fingerprint density at radius 3 is 2.23 bits per heavy atom. The monoisotopic (exact) mass is 363 g/mol. The van der Waals surface area contributed by atoms with Crippen molar-refractivity contribution in [2.45, 2.75) is 20.0 Å². The molecule has 2 aromatic carbocycles. The molecular formula is C18H13F4N3O. The molecule has 134 valence electrons. The highest BCUT2D eigenvalue weighted by atomic mass is 19.4. The largest absolute Gasteiger partial charge is 0.416 e. The van der Waals surface area contributed by atoms with Crippen molar-refractivity contribution in [2.75, 3.05) is 0 Å². The lowest BCUT2D eigenvalue weighted by molar-refractivity contribution is -0.137. The molecule has 0 aliphatic carbocycles. The number of H-pyrrole nitrogens is 1. The SMILES string of the molecule is Cc1cccc(C)c1-c1nc(-c2ccc(C(F)(F)F)cc2F)nc(=O)[nH]1. The number of hydrogen-bond donors (Lipinski definition) is 1. The van der Waals surface area contributed by atoms with Crippen LogP contribution in [0.2, 0.25) is 0 Å². The fraction of sp³-hybridized carbons (Fsp3) is 0.167. The number of aromatic nitrogens is 3. The first-order valence-electron chi connectivity index (χ1n) is 7.59. The average molecular weight is 363 g/mol. The van der Waals surface area contributed by atoms with Gasteiger partial charge in [0.05, 0.1) is 11.1 Å². The summed E-state index contributed by atoms with van der Waals surface area (Å²) in [7, 11) is 0. The molecule has 0 fully saturated rings. The second kappa shape index (κ2) is 6.36. The van der Waals surface area contributed by atoms with Crippen molar-refractivity contribution >= 4 is 0 Å². The predicted octanol–water partition coefficient (Wildman–Crippen LogP) is 4.27. The molecule has 1 heterocycles. The molecule has 3 aromatic rings. The summed E-state index contributed by atoms with van der Waals surface area (Å²) in [6, 6.07) is 7.48. The van der Waals surface area contributed by atoms with Crippen LogP contribution in [0.25, 0.3) is 22.8 Å². The molecule has 3 rings (SSSR count). The summed E-state index contributed by atoms with van der Waals surface area (Å²) in [5.41, 5.74) is 0.138. The number of aromatic amines is 1. The van der Waals surface area contributed by atoms with Crippen molar-refractivity contribution in [1.29, 1.82) is 0 Å². The Bertz CT molecular complexity index is 1020. The van der Waals surface area contributed by atoms with Crippen LogP contribution in [0.5, 0.6) is 0 Å². The number of nitrogens with one attached hydrogen (secondary N) is 1. The van der Waals surface area contributed by atoms with Gasteiger partial charge in [-0.3, -0.25) is 4.98 Å². The van der Waals surface area contributed by atoms with Gasteiger partial charge in [-0.15, -0.1) is 0 Å². The smallest absolute Gasteiger partial charge is 0.290 e. The zero-order valence-electron chi connectivity index (χ0n) is 13.8. The van der Waals surface area contributed by atoms with Crippen molar-refractivity contribution in [3.8, 4) is 22.8 Å². The minimum Gasteiger partial charge on any atom is -0.290 e. The Hall–Kier alpha value is -3.03. The minimum atomic E-state index is -4.67. The second-order valence-electron chi connectivity index (χ2n) is 5.79. The molecule has 4 nitrogen and oxygen atoms in total. The molecule has 0 bridgehead atoms. The number of alkyl halides is 3. The Balaban J connectivity index is 2.17. The Morgan fingerprint density at radius 1 is 1.00 bits per heavy atom. The van der Waals surface area contributed by atoms with Crippen molar-refractivity contribution in [1.82, 2.24) is 15.0 Å². The minimum absolute atomic E-state index is 0.176. The molecule has 0 aliphatic rings. The van der Waals surface area contributed by atoms with Gasteiger partial charge < -0.3 is 0 Å². The van der Waals surface area contributed by atoms with Crippen molar-refractivity contribution in [2.24, 2.45) is 0 Å². The first kappa shape index (κ1) is 17.8. The van der Waals surface area contributed by atoms with Crippen LogP contribution in [0, 0.1) is 19.7 Å². The first-order chi connectivity index (χ1) is 12.2. The summed E-state index contributed by atoms with van der Waals surface area (Å²) in [5, 5.41) is 0. The van der Waals surface area contributed by atoms with Gasteiger partial charge in [0.15, 0.2) is 5.82 Å². The first-order valence-corrected chi connectivity index (χ1v) is 7.59. The molecule has 0 saturated heterocycles. The molecule has 0 saturated carbocycles. The molecule has 26 heavy (non-hydrogen) atoms. The summed E-state index contributed by atoms with van der Waals surface area (Å²) < 4.78 is 52.3. The second-order valence-corrected chi connectivity index (χ2v) is 5.79. The molecular weight excluding hydrogens is 350 g/mol. The number of halogens is 4. The van der Waals surface area contributed by atoms with E-state index in [4.69, 9.17) is 0 Å². The molecule has 1 N–H and O–H groups in total. The van der Waals surface area contributed by atoms with E-state index < -0.39 is 23.2 Å². The van der Waals surface area contributed by atoms with Gasteiger partial charge in [0.2, 0.25) is 0 Å². The Labute approximate surface area is 145 Å². The van der Waals surface area contributed by atoms with E-state index >= 15 is 0 Å². The van der Waals surface area contributed by atoms with Crippen LogP contribution in [-0.4, -0.2) is 15.0 Å². The molecule has 0 unspecified atom stereocenters. The highest BCUT2D eigenvalue weighted by molar-refractivity contribution is 5.66. The lowest BCUT2D eigenvalue weighted by atomic mass is 10.0. The van der Waals surface area contributed by atoms with Gasteiger partial charge in [-0.2, -0.15) is 18.2 Å². The predicted molar refractivity (Wildman–Crippen MR) is 88.0 cm³/mol. The Kier molecular flexibility index (Phi) is 4.35. The van der Waals surface area contributed by atoms with E-state index in [1.165, 1.54) is 0 Å². The van der Waals surface area contributed by atoms with Crippen LogP contribution in [0.15, 0.2) is 41.2 Å². The molecule has 0 spiro atoms. The van der Waals surface area contributed by atoms with Gasteiger partial charge in [-0.25, -0.2) is 14.2 Å². The molecule has 0 radical (unpaired) electrons. The van der Waals surface area contributed by atoms with Crippen LogP contribution in [0.1, 0.15) is 16.7 Å². The van der Waals surface area contributed by atoms with E-state index in [-0.39, 0.29) is 17.2 Å². The maximum atomic E-state index is 14.2. The summed E-state index contributed by atoms with van der Waals surface area (Å²) >= 11 is 0. The molecule has 8 heteroatoms. The molecule has 0 amide bonds. The summed E-state index contributed by atoms with van der Waals surface area (Å²) in [4.78, 5) is 22.2. The maximum Gasteiger partial charge on any atom is 0.416 e. The number of benzene rings is 2. The molecule has 0 atom stereocenters. The van der Waals surface area contributed by atoms with Gasteiger partial charge in [0.25, 0.3) is 0 Å². The number of rotatable bonds is 2. The van der Waals surface area contributed by atoms with Gasteiger partial charge in [0, 0.05) is 5.56 Å². The normalized spacial score (nSPS) is 11.6. The van der Waals surface area contributed by atoms with Gasteiger partial charge in [0.1, 0.15) is 11.6 Å². The fourth-order valence-electron chi connectivity index (χ4n) is 2.68. The third-order valence-corrected chi connectivity index (χ3v) is 3.91. The molecule has 0 aliphatic heterocycles. The van der Waals surface area contributed by atoms with E-state index in [2.05, 4.69) is 15.0 Å². The van der Waals surface area contributed by atoms with Crippen LogP contribution in [0.4, 0.5) is 17.6 Å². The lowest BCUT2D eigenvalue weighted by Crippen LogP contribution is -2.15. The average Bonchev–Trinajstić information content (AvgIpc) is 2.53. The van der Waals surface area contributed by atoms with E-state index in [0.717, 1.165) is 23.3 Å². The summed E-state index contributed by atoms with van der Waals surface area (Å²) in [5.74, 6) is -1.26. The van der Waals surface area contributed by atoms with E-state index in [0.29, 0.717) is 11.6 Å². The highest BCUT2D eigenvalue weighted by Crippen LogP contribution is 2.32. The van der Waals surface area contributed by atoms with Gasteiger partial charge >= 0.3 is 11.9 Å². The standard InChI is InChI=1S/C18H13F4N3O/c1-9-4-3-5-10(2)14(9)16-23-15(24-17(26)25-16)12-7-6-11(8-13(12)19)18(20,21)22/h3-8H,1-2H3,(H,23,24,25,26). The van der Waals surface area contributed by atoms with Crippen LogP contribution in [-0.2, 0) is 6.18 Å². The van der Waals surface area contributed by atoms with Crippen LogP contribution < -0.4 is 5.69 Å². The van der Waals surface area contributed by atoms with Crippen molar-refractivity contribution < 1.29 is 17.6 Å². The zero-order valence-corrected chi connectivity index (χ0v) is 13.8.